The van der Waals surface area contributed by atoms with Crippen molar-refractivity contribution in [3.63, 3.8) is 0 Å². The zero-order chi connectivity index (χ0) is 9.80. The molecule has 1 aliphatic heterocycles. The van der Waals surface area contributed by atoms with Gasteiger partial charge >= 0.3 is 0 Å². The second kappa shape index (κ2) is 4.62. The summed E-state index contributed by atoms with van der Waals surface area (Å²) in [4.78, 5) is 0. The van der Waals surface area contributed by atoms with Crippen LogP contribution in [0.2, 0.25) is 0 Å². The molecule has 0 bridgehead atoms. The lowest BCUT2D eigenvalue weighted by Crippen LogP contribution is -2.31. The fraction of sp³-hybridized carbons (Fsp3) is 0.636. The van der Waals surface area contributed by atoms with E-state index in [0.717, 1.165) is 19.6 Å². The minimum atomic E-state index is 0.293. The van der Waals surface area contributed by atoms with Crippen LogP contribution in [0.3, 0.4) is 0 Å². The van der Waals surface area contributed by atoms with E-state index in [1.807, 2.05) is 6.07 Å². The summed E-state index contributed by atoms with van der Waals surface area (Å²) in [5, 5.41) is 3.44. The van der Waals surface area contributed by atoms with E-state index >= 15 is 0 Å². The number of hydrogen-bond acceptors (Lipinski definition) is 3. The van der Waals surface area contributed by atoms with E-state index in [0.29, 0.717) is 12.1 Å². The molecule has 1 saturated heterocycles. The zero-order valence-electron chi connectivity index (χ0n) is 8.53. The third-order valence-electron chi connectivity index (χ3n) is 2.66. The third-order valence-corrected chi connectivity index (χ3v) is 2.66. The van der Waals surface area contributed by atoms with Gasteiger partial charge in [0.05, 0.1) is 24.7 Å². The molecule has 78 valence electrons. The summed E-state index contributed by atoms with van der Waals surface area (Å²) >= 11 is 0. The van der Waals surface area contributed by atoms with Crippen LogP contribution in [0.5, 0.6) is 0 Å². The van der Waals surface area contributed by atoms with Gasteiger partial charge in [-0.3, -0.25) is 0 Å². The fourth-order valence-electron chi connectivity index (χ4n) is 2.00. The Hall–Kier alpha value is -0.800. The van der Waals surface area contributed by atoms with E-state index < -0.39 is 0 Å². The molecule has 0 saturated carbocycles. The molecule has 0 aliphatic carbocycles. The van der Waals surface area contributed by atoms with Crippen LogP contribution in [0.15, 0.2) is 23.0 Å². The highest BCUT2D eigenvalue weighted by atomic mass is 16.5. The molecule has 2 atom stereocenters. The van der Waals surface area contributed by atoms with Gasteiger partial charge in [-0.1, -0.05) is 6.92 Å². The van der Waals surface area contributed by atoms with E-state index in [4.69, 9.17) is 9.15 Å². The molecule has 3 nitrogen and oxygen atoms in total. The highest BCUT2D eigenvalue weighted by Crippen LogP contribution is 2.26. The van der Waals surface area contributed by atoms with Crippen LogP contribution in [0.25, 0.3) is 0 Å². The second-order valence-electron chi connectivity index (χ2n) is 3.64. The van der Waals surface area contributed by atoms with Crippen LogP contribution in [-0.4, -0.2) is 19.3 Å². The van der Waals surface area contributed by atoms with Crippen molar-refractivity contribution < 1.29 is 9.15 Å². The van der Waals surface area contributed by atoms with Crippen molar-refractivity contribution in [3.05, 3.63) is 24.2 Å². The van der Waals surface area contributed by atoms with E-state index in [-0.39, 0.29) is 0 Å². The number of nitrogens with one attached hydrogen (secondary N) is 1. The average Bonchev–Trinajstić information content (AvgIpc) is 2.87. The largest absolute Gasteiger partial charge is 0.472 e. The van der Waals surface area contributed by atoms with Gasteiger partial charge in [0.25, 0.3) is 0 Å². The molecule has 1 aliphatic rings. The molecule has 0 amide bonds. The van der Waals surface area contributed by atoms with Gasteiger partial charge < -0.3 is 14.5 Å². The summed E-state index contributed by atoms with van der Waals surface area (Å²) in [6, 6.07) is 2.30. The molecule has 0 spiro atoms. The summed E-state index contributed by atoms with van der Waals surface area (Å²) in [7, 11) is 0. The maximum atomic E-state index is 5.69. The van der Waals surface area contributed by atoms with Crippen molar-refractivity contribution in [2.45, 2.75) is 31.9 Å². The molecule has 2 heterocycles. The SMILES string of the molecule is CCNC(c1ccoc1)C1CCCO1. The van der Waals surface area contributed by atoms with Crippen molar-refractivity contribution in [2.24, 2.45) is 0 Å². The van der Waals surface area contributed by atoms with Crippen molar-refractivity contribution in [2.75, 3.05) is 13.2 Å². The monoisotopic (exact) mass is 195 g/mol. The van der Waals surface area contributed by atoms with Gasteiger partial charge in [-0.05, 0) is 25.5 Å². The van der Waals surface area contributed by atoms with Crippen LogP contribution >= 0.6 is 0 Å². The van der Waals surface area contributed by atoms with Crippen molar-refractivity contribution in [1.29, 1.82) is 0 Å². The number of furan rings is 1. The van der Waals surface area contributed by atoms with Gasteiger partial charge in [-0.15, -0.1) is 0 Å². The predicted molar refractivity (Wildman–Crippen MR) is 54.1 cm³/mol. The molecule has 0 aromatic carbocycles. The summed E-state index contributed by atoms with van der Waals surface area (Å²) in [6.45, 7) is 3.96. The highest BCUT2D eigenvalue weighted by Gasteiger charge is 2.26. The Morgan fingerprint density at radius 1 is 1.64 bits per heavy atom. The molecule has 1 fully saturated rings. The standard InChI is InChI=1S/C11H17NO2/c1-2-12-11(9-5-7-13-8-9)10-4-3-6-14-10/h5,7-8,10-12H,2-4,6H2,1H3. The molecule has 14 heavy (non-hydrogen) atoms. The molecule has 3 heteroatoms. The predicted octanol–water partition coefficient (Wildman–Crippen LogP) is 2.11. The molecule has 1 aromatic rings. The highest BCUT2D eigenvalue weighted by molar-refractivity contribution is 5.13. The van der Waals surface area contributed by atoms with Crippen LogP contribution in [-0.2, 0) is 4.74 Å². The molecule has 2 unspecified atom stereocenters. The molecular formula is C11H17NO2. The van der Waals surface area contributed by atoms with Gasteiger partial charge in [0.2, 0.25) is 0 Å². The summed E-state index contributed by atoms with van der Waals surface area (Å²) in [5.41, 5.74) is 1.19. The smallest absolute Gasteiger partial charge is 0.0951 e. The Balaban J connectivity index is 2.06. The number of hydrogen-bond donors (Lipinski definition) is 1. The molecule has 1 aromatic heterocycles. The number of likely N-dealkylation sites (N-methyl/N-ethyl adjacent to an activating group) is 1. The normalized spacial score (nSPS) is 23.9. The third kappa shape index (κ3) is 1.99. The van der Waals surface area contributed by atoms with Gasteiger partial charge in [-0.25, -0.2) is 0 Å². The van der Waals surface area contributed by atoms with Crippen molar-refractivity contribution >= 4 is 0 Å². The Morgan fingerprint density at radius 3 is 3.14 bits per heavy atom. The van der Waals surface area contributed by atoms with Gasteiger partial charge in [0.15, 0.2) is 0 Å². The van der Waals surface area contributed by atoms with Gasteiger partial charge in [-0.2, -0.15) is 0 Å². The topological polar surface area (TPSA) is 34.4 Å². The maximum absolute atomic E-state index is 5.69. The quantitative estimate of drug-likeness (QED) is 0.799. The second-order valence-corrected chi connectivity index (χ2v) is 3.64. The van der Waals surface area contributed by atoms with E-state index in [2.05, 4.69) is 12.2 Å². The summed E-state index contributed by atoms with van der Waals surface area (Å²) < 4.78 is 10.8. The van der Waals surface area contributed by atoms with E-state index in [1.54, 1.807) is 12.5 Å². The first-order valence-corrected chi connectivity index (χ1v) is 5.29. The minimum Gasteiger partial charge on any atom is -0.472 e. The minimum absolute atomic E-state index is 0.293. The average molecular weight is 195 g/mol. The van der Waals surface area contributed by atoms with Crippen molar-refractivity contribution in [3.8, 4) is 0 Å². The van der Waals surface area contributed by atoms with Gasteiger partial charge in [0.1, 0.15) is 0 Å². The molecule has 0 radical (unpaired) electrons. The van der Waals surface area contributed by atoms with Crippen LogP contribution in [0, 0.1) is 0 Å². The summed E-state index contributed by atoms with van der Waals surface area (Å²) in [5.74, 6) is 0. The van der Waals surface area contributed by atoms with Crippen LogP contribution in [0.4, 0.5) is 0 Å². The van der Waals surface area contributed by atoms with Gasteiger partial charge in [0, 0.05) is 12.2 Å². The first-order valence-electron chi connectivity index (χ1n) is 5.29. The lowest BCUT2D eigenvalue weighted by molar-refractivity contribution is 0.0786. The maximum Gasteiger partial charge on any atom is 0.0951 e. The number of rotatable bonds is 4. The fourth-order valence-corrected chi connectivity index (χ4v) is 2.00. The van der Waals surface area contributed by atoms with E-state index in [9.17, 15) is 0 Å². The first kappa shape index (κ1) is 9.74. The van der Waals surface area contributed by atoms with E-state index in [1.165, 1.54) is 12.0 Å². The molecule has 2 rings (SSSR count). The van der Waals surface area contributed by atoms with Crippen LogP contribution < -0.4 is 5.32 Å². The lowest BCUT2D eigenvalue weighted by atomic mass is 10.0. The Labute approximate surface area is 84.4 Å². The number of ether oxygens (including phenoxy) is 1. The molecular weight excluding hydrogens is 178 g/mol. The lowest BCUT2D eigenvalue weighted by Gasteiger charge is -2.22. The van der Waals surface area contributed by atoms with Crippen molar-refractivity contribution in [1.82, 2.24) is 5.32 Å². The first-order chi connectivity index (χ1) is 6.92. The Kier molecular flexibility index (Phi) is 3.22. The Morgan fingerprint density at radius 2 is 2.57 bits per heavy atom. The van der Waals surface area contributed by atoms with Crippen LogP contribution in [0.1, 0.15) is 31.4 Å². The zero-order valence-corrected chi connectivity index (χ0v) is 8.53. The summed E-state index contributed by atoms with van der Waals surface area (Å²) in [6.07, 6.45) is 6.14. The Bertz CT molecular complexity index is 252. The molecule has 1 N–H and O–H groups in total.